The summed E-state index contributed by atoms with van der Waals surface area (Å²) in [4.78, 5) is 16.7. The van der Waals surface area contributed by atoms with Crippen molar-refractivity contribution in [2.24, 2.45) is 5.73 Å². The number of amides is 1. The first kappa shape index (κ1) is 22.8. The molecule has 0 bridgehead atoms. The lowest BCUT2D eigenvalue weighted by atomic mass is 10.1. The van der Waals surface area contributed by atoms with Crippen LogP contribution in [0, 0.1) is 0 Å². The van der Waals surface area contributed by atoms with E-state index in [0.717, 1.165) is 23.7 Å². The van der Waals surface area contributed by atoms with E-state index >= 15 is 0 Å². The molecular weight excluding hydrogens is 397 g/mol. The third-order valence-electron chi connectivity index (χ3n) is 4.61. The minimum Gasteiger partial charge on any atom is -0.467 e. The Kier molecular flexibility index (Phi) is 8.93. The van der Waals surface area contributed by atoms with E-state index in [2.05, 4.69) is 17.9 Å². The van der Waals surface area contributed by atoms with Crippen molar-refractivity contribution in [3.63, 3.8) is 0 Å². The van der Waals surface area contributed by atoms with Gasteiger partial charge in [-0.25, -0.2) is 0 Å². The van der Waals surface area contributed by atoms with Gasteiger partial charge in [0.25, 0.3) is 5.91 Å². The minimum absolute atomic E-state index is 0. The average Bonchev–Trinajstić information content (AvgIpc) is 3.10. The maximum Gasteiger partial charge on any atom is 0.257 e. The van der Waals surface area contributed by atoms with Gasteiger partial charge in [-0.05, 0) is 24.6 Å². The SMILES string of the molecule is CC(c1ccccc1Cl)N1CCN(C(=O)c2coc(CN)c2)CC1.Cl.Cl. The van der Waals surface area contributed by atoms with Crippen LogP contribution < -0.4 is 5.73 Å². The van der Waals surface area contributed by atoms with Gasteiger partial charge >= 0.3 is 0 Å². The van der Waals surface area contributed by atoms with Crippen molar-refractivity contribution in [3.05, 3.63) is 58.5 Å². The largest absolute Gasteiger partial charge is 0.467 e. The predicted molar refractivity (Wildman–Crippen MR) is 108 cm³/mol. The van der Waals surface area contributed by atoms with Crippen LogP contribution in [0.1, 0.15) is 34.6 Å². The van der Waals surface area contributed by atoms with Gasteiger partial charge in [0.05, 0.1) is 12.1 Å². The first-order valence-corrected chi connectivity index (χ1v) is 8.53. The van der Waals surface area contributed by atoms with Crippen LogP contribution >= 0.6 is 36.4 Å². The first-order valence-electron chi connectivity index (χ1n) is 8.15. The molecule has 1 aliphatic heterocycles. The Hall–Kier alpha value is -1.24. The Bertz CT molecular complexity index is 715. The number of halogens is 3. The molecule has 2 aromatic rings. The topological polar surface area (TPSA) is 62.7 Å². The van der Waals surface area contributed by atoms with Crippen LogP contribution in [0.2, 0.25) is 5.02 Å². The number of nitrogens with two attached hydrogens (primary N) is 1. The molecule has 2 heterocycles. The van der Waals surface area contributed by atoms with Crippen LogP contribution in [-0.2, 0) is 6.54 Å². The molecule has 0 spiro atoms. The quantitative estimate of drug-likeness (QED) is 0.818. The molecule has 26 heavy (non-hydrogen) atoms. The lowest BCUT2D eigenvalue weighted by Crippen LogP contribution is -2.49. The van der Waals surface area contributed by atoms with E-state index in [9.17, 15) is 4.79 Å². The first-order chi connectivity index (χ1) is 11.6. The summed E-state index contributed by atoms with van der Waals surface area (Å²) in [6.45, 7) is 5.48. The van der Waals surface area contributed by atoms with Crippen LogP contribution in [-0.4, -0.2) is 41.9 Å². The zero-order chi connectivity index (χ0) is 17.1. The zero-order valence-corrected chi connectivity index (χ0v) is 16.9. The van der Waals surface area contributed by atoms with Gasteiger partial charge in [-0.2, -0.15) is 0 Å². The fourth-order valence-corrected chi connectivity index (χ4v) is 3.40. The Morgan fingerprint density at radius 1 is 1.23 bits per heavy atom. The molecule has 1 amide bonds. The molecule has 8 heteroatoms. The molecule has 1 aliphatic rings. The molecule has 0 radical (unpaired) electrons. The molecule has 1 unspecified atom stereocenters. The van der Waals surface area contributed by atoms with Crippen molar-refractivity contribution in [3.8, 4) is 0 Å². The van der Waals surface area contributed by atoms with Crippen LogP contribution in [0.4, 0.5) is 0 Å². The second kappa shape index (κ2) is 10.2. The van der Waals surface area contributed by atoms with Gasteiger partial charge in [0.2, 0.25) is 0 Å². The van der Waals surface area contributed by atoms with E-state index in [-0.39, 0.29) is 36.8 Å². The zero-order valence-electron chi connectivity index (χ0n) is 14.6. The lowest BCUT2D eigenvalue weighted by molar-refractivity contribution is 0.0581. The maximum absolute atomic E-state index is 12.5. The highest BCUT2D eigenvalue weighted by atomic mass is 35.5. The third kappa shape index (κ3) is 4.93. The van der Waals surface area contributed by atoms with E-state index in [1.54, 1.807) is 6.07 Å². The fraction of sp³-hybridized carbons (Fsp3) is 0.389. The van der Waals surface area contributed by atoms with Gasteiger partial charge in [-0.15, -0.1) is 24.8 Å². The van der Waals surface area contributed by atoms with Crippen molar-refractivity contribution < 1.29 is 9.21 Å². The molecule has 144 valence electrons. The van der Waals surface area contributed by atoms with Crippen LogP contribution in [0.5, 0.6) is 0 Å². The van der Waals surface area contributed by atoms with E-state index in [0.29, 0.717) is 31.0 Å². The maximum atomic E-state index is 12.5. The van der Waals surface area contributed by atoms with E-state index in [1.807, 2.05) is 23.1 Å². The Labute approximate surface area is 171 Å². The van der Waals surface area contributed by atoms with Crippen molar-refractivity contribution in [2.75, 3.05) is 26.2 Å². The number of piperazine rings is 1. The number of hydrogen-bond acceptors (Lipinski definition) is 4. The molecule has 3 rings (SSSR count). The summed E-state index contributed by atoms with van der Waals surface area (Å²) in [7, 11) is 0. The highest BCUT2D eigenvalue weighted by molar-refractivity contribution is 6.31. The Morgan fingerprint density at radius 3 is 2.46 bits per heavy atom. The van der Waals surface area contributed by atoms with Gasteiger partial charge in [-0.3, -0.25) is 9.69 Å². The van der Waals surface area contributed by atoms with Crippen molar-refractivity contribution in [2.45, 2.75) is 19.5 Å². The number of furan rings is 1. The summed E-state index contributed by atoms with van der Waals surface area (Å²) < 4.78 is 5.26. The number of hydrogen-bond donors (Lipinski definition) is 1. The Morgan fingerprint density at radius 2 is 1.88 bits per heavy atom. The second-order valence-electron chi connectivity index (χ2n) is 6.03. The number of rotatable bonds is 4. The van der Waals surface area contributed by atoms with Gasteiger partial charge in [0.1, 0.15) is 12.0 Å². The second-order valence-corrected chi connectivity index (χ2v) is 6.44. The molecule has 1 aromatic carbocycles. The number of benzene rings is 1. The molecule has 1 fully saturated rings. The summed E-state index contributed by atoms with van der Waals surface area (Å²) in [5.41, 5.74) is 7.22. The highest BCUT2D eigenvalue weighted by Gasteiger charge is 2.26. The summed E-state index contributed by atoms with van der Waals surface area (Å²) in [5.74, 6) is 0.632. The van der Waals surface area contributed by atoms with E-state index < -0.39 is 0 Å². The van der Waals surface area contributed by atoms with Crippen LogP contribution in [0.15, 0.2) is 41.0 Å². The Balaban J connectivity index is 0.00000169. The van der Waals surface area contributed by atoms with Gasteiger partial charge in [0, 0.05) is 37.2 Å². The molecule has 5 nitrogen and oxygen atoms in total. The molecular formula is C18H24Cl3N3O2. The van der Waals surface area contributed by atoms with Crippen molar-refractivity contribution >= 4 is 42.3 Å². The predicted octanol–water partition coefficient (Wildman–Crippen LogP) is 3.75. The summed E-state index contributed by atoms with van der Waals surface area (Å²) in [6.07, 6.45) is 1.49. The summed E-state index contributed by atoms with van der Waals surface area (Å²) >= 11 is 6.30. The van der Waals surface area contributed by atoms with E-state index in [1.165, 1.54) is 6.26 Å². The van der Waals surface area contributed by atoms with Crippen LogP contribution in [0.3, 0.4) is 0 Å². The molecule has 1 aromatic heterocycles. The van der Waals surface area contributed by atoms with Crippen molar-refractivity contribution in [1.82, 2.24) is 9.80 Å². The smallest absolute Gasteiger partial charge is 0.257 e. The van der Waals surface area contributed by atoms with Crippen molar-refractivity contribution in [1.29, 1.82) is 0 Å². The highest BCUT2D eigenvalue weighted by Crippen LogP contribution is 2.28. The van der Waals surface area contributed by atoms with Gasteiger partial charge in [-0.1, -0.05) is 29.8 Å². The van der Waals surface area contributed by atoms with Gasteiger partial charge < -0.3 is 15.1 Å². The lowest BCUT2D eigenvalue weighted by Gasteiger charge is -2.38. The average molecular weight is 421 g/mol. The fourth-order valence-electron chi connectivity index (χ4n) is 3.11. The molecule has 0 saturated carbocycles. The number of carbonyl (C=O) groups excluding carboxylic acids is 1. The van der Waals surface area contributed by atoms with Gasteiger partial charge in [0.15, 0.2) is 0 Å². The van der Waals surface area contributed by atoms with Crippen LogP contribution in [0.25, 0.3) is 0 Å². The minimum atomic E-state index is 0. The summed E-state index contributed by atoms with van der Waals surface area (Å²) in [6, 6.07) is 9.88. The molecule has 2 N–H and O–H groups in total. The monoisotopic (exact) mass is 419 g/mol. The number of nitrogens with zero attached hydrogens (tertiary/aromatic N) is 2. The molecule has 1 atom stereocenters. The normalized spacial score (nSPS) is 15.7. The standard InChI is InChI=1S/C18H22ClN3O2.2ClH/c1-13(16-4-2-3-5-17(16)19)21-6-8-22(9-7-21)18(23)14-10-15(11-20)24-12-14;;/h2-5,10,12-13H,6-9,11,20H2,1H3;2*1H. The summed E-state index contributed by atoms with van der Waals surface area (Å²) in [5, 5.41) is 0.788. The number of carbonyl (C=O) groups is 1. The molecule has 1 saturated heterocycles. The molecule has 0 aliphatic carbocycles. The third-order valence-corrected chi connectivity index (χ3v) is 4.95. The van der Waals surface area contributed by atoms with E-state index in [4.69, 9.17) is 21.8 Å².